The molecule has 38 heavy (non-hydrogen) atoms. The van der Waals surface area contributed by atoms with E-state index in [2.05, 4.69) is 25.1 Å². The number of nitrogens with zero attached hydrogens (tertiary/aromatic N) is 1. The van der Waals surface area contributed by atoms with Crippen molar-refractivity contribution in [3.63, 3.8) is 0 Å². The van der Waals surface area contributed by atoms with Gasteiger partial charge in [0.15, 0.2) is 0 Å². The lowest BCUT2D eigenvalue weighted by Crippen LogP contribution is -2.46. The summed E-state index contributed by atoms with van der Waals surface area (Å²) in [6, 6.07) is 17.3. The molecular weight excluding hydrogens is 477 g/mol. The van der Waals surface area contributed by atoms with Gasteiger partial charge in [-0.1, -0.05) is 68.0 Å². The Balaban J connectivity index is 1.45. The van der Waals surface area contributed by atoms with Crippen LogP contribution in [0.15, 0.2) is 65.7 Å². The zero-order chi connectivity index (χ0) is 26.8. The zero-order valence-corrected chi connectivity index (χ0v) is 22.2. The van der Waals surface area contributed by atoms with Gasteiger partial charge in [0.05, 0.1) is 17.9 Å². The smallest absolute Gasteiger partial charge is 0.455 e. The summed E-state index contributed by atoms with van der Waals surface area (Å²) < 4.78 is 6.15. The molecule has 2 saturated heterocycles. The number of hydrogen-bond donors (Lipinski definition) is 2. The fourth-order valence-electron chi connectivity index (χ4n) is 6.62. The lowest BCUT2D eigenvalue weighted by molar-refractivity contribution is -0.140. The van der Waals surface area contributed by atoms with Gasteiger partial charge in [-0.25, -0.2) is 0 Å². The molecule has 2 fully saturated rings. The highest BCUT2D eigenvalue weighted by Gasteiger charge is 2.56. The standard InChI is InChI=1S/C31H36BNO5/c1-3-16-33-30(35)25-18-21(4-2)28-26(29(25)31(33)36)19-32(37)38-27(28)15-12-23(22-8-6-5-7-9-22)17-20-10-13-24(34)14-11-20/h5-11,13-14,17,25-27,29,34,37H,3-4,12,15-16,18-19H2,1-2H3/b23-17-/t25-,26+,27-,29-/m1/s1. The summed E-state index contributed by atoms with van der Waals surface area (Å²) in [5.74, 6) is -0.792. The van der Waals surface area contributed by atoms with E-state index in [1.54, 1.807) is 12.1 Å². The van der Waals surface area contributed by atoms with Crippen LogP contribution in [0.4, 0.5) is 0 Å². The van der Waals surface area contributed by atoms with Crippen molar-refractivity contribution in [2.75, 3.05) is 6.54 Å². The van der Waals surface area contributed by atoms with Crippen LogP contribution in [0.25, 0.3) is 11.6 Å². The molecule has 0 aromatic heterocycles. The third-order valence-electron chi connectivity index (χ3n) is 8.33. The molecule has 198 valence electrons. The Bertz CT molecular complexity index is 1240. The van der Waals surface area contributed by atoms with Crippen molar-refractivity contribution in [2.24, 2.45) is 17.8 Å². The number of phenols is 1. The number of phenolic OH excluding ortho intramolecular Hbond substituents is 1. The van der Waals surface area contributed by atoms with Crippen LogP contribution in [0.3, 0.4) is 0 Å². The lowest BCUT2D eigenvalue weighted by Gasteiger charge is -2.43. The van der Waals surface area contributed by atoms with Crippen molar-refractivity contribution in [3.05, 3.63) is 76.9 Å². The summed E-state index contributed by atoms with van der Waals surface area (Å²) in [6.07, 6.45) is 5.67. The Morgan fingerprint density at radius 1 is 1.05 bits per heavy atom. The summed E-state index contributed by atoms with van der Waals surface area (Å²) in [5, 5.41) is 20.5. The summed E-state index contributed by atoms with van der Waals surface area (Å²) in [6.45, 7) is 4.54. The molecule has 2 aromatic carbocycles. The number of hydrogen-bond acceptors (Lipinski definition) is 5. The van der Waals surface area contributed by atoms with Gasteiger partial charge in [-0.15, -0.1) is 0 Å². The molecule has 2 aliphatic heterocycles. The number of imide groups is 1. The van der Waals surface area contributed by atoms with Crippen LogP contribution in [-0.2, 0) is 14.2 Å². The first-order valence-corrected chi connectivity index (χ1v) is 13.9. The predicted molar refractivity (Wildman–Crippen MR) is 149 cm³/mol. The van der Waals surface area contributed by atoms with E-state index in [0.29, 0.717) is 32.1 Å². The first-order chi connectivity index (χ1) is 18.4. The largest absolute Gasteiger partial charge is 0.508 e. The lowest BCUT2D eigenvalue weighted by atomic mass is 9.58. The molecule has 0 saturated carbocycles. The van der Waals surface area contributed by atoms with Crippen LogP contribution in [-0.4, -0.2) is 46.6 Å². The number of rotatable bonds is 8. The Labute approximate surface area is 225 Å². The molecule has 4 atom stereocenters. The van der Waals surface area contributed by atoms with Gasteiger partial charge in [0.25, 0.3) is 0 Å². The van der Waals surface area contributed by atoms with Crippen LogP contribution in [0.5, 0.6) is 5.75 Å². The van der Waals surface area contributed by atoms with Crippen LogP contribution in [0, 0.1) is 17.8 Å². The topological polar surface area (TPSA) is 87.1 Å². The van der Waals surface area contributed by atoms with E-state index < -0.39 is 13.0 Å². The van der Waals surface area contributed by atoms with Crippen molar-refractivity contribution < 1.29 is 24.4 Å². The maximum atomic E-state index is 13.4. The molecule has 2 heterocycles. The Hall–Kier alpha value is -3.16. The SMILES string of the molecule is CCCN1C(=O)[C@@H]2[C@@H](CC(CC)=C3[C@@H](CC/C(=C/c4ccc(O)cc4)c4ccccc4)OB(O)C[C@@H]32)C1=O. The molecule has 2 N–H and O–H groups in total. The molecule has 0 spiro atoms. The minimum absolute atomic E-state index is 0.0485. The van der Waals surface area contributed by atoms with Crippen molar-refractivity contribution >= 4 is 30.6 Å². The van der Waals surface area contributed by atoms with Crippen LogP contribution in [0.1, 0.15) is 57.1 Å². The Morgan fingerprint density at radius 3 is 2.47 bits per heavy atom. The molecule has 0 unspecified atom stereocenters. The third kappa shape index (κ3) is 5.10. The average Bonchev–Trinajstić information content (AvgIpc) is 3.16. The van der Waals surface area contributed by atoms with Gasteiger partial charge in [0, 0.05) is 6.54 Å². The molecule has 2 amide bonds. The third-order valence-corrected chi connectivity index (χ3v) is 8.33. The van der Waals surface area contributed by atoms with Gasteiger partial charge in [0.1, 0.15) is 5.75 Å². The second kappa shape index (κ2) is 11.3. The Kier molecular flexibility index (Phi) is 7.87. The molecule has 1 aliphatic carbocycles. The molecule has 6 nitrogen and oxygen atoms in total. The highest BCUT2D eigenvalue weighted by molar-refractivity contribution is 6.43. The van der Waals surface area contributed by atoms with Gasteiger partial charge < -0.3 is 14.8 Å². The number of fused-ring (bicyclic) bond motifs is 3. The van der Waals surface area contributed by atoms with E-state index in [9.17, 15) is 19.7 Å². The number of carbonyl (C=O) groups excluding carboxylic acids is 2. The molecule has 7 heteroatoms. The molecule has 3 aliphatic rings. The fraction of sp³-hybridized carbons (Fsp3) is 0.419. The predicted octanol–water partition coefficient (Wildman–Crippen LogP) is 5.33. The quantitative estimate of drug-likeness (QED) is 0.216. The van der Waals surface area contributed by atoms with E-state index in [0.717, 1.165) is 35.1 Å². The molecule has 5 rings (SSSR count). The van der Waals surface area contributed by atoms with Gasteiger partial charge in [-0.2, -0.15) is 0 Å². The normalized spacial score (nSPS) is 25.6. The van der Waals surface area contributed by atoms with E-state index in [4.69, 9.17) is 4.65 Å². The van der Waals surface area contributed by atoms with Crippen LogP contribution >= 0.6 is 0 Å². The maximum absolute atomic E-state index is 13.4. The summed E-state index contributed by atoms with van der Waals surface area (Å²) in [7, 11) is -0.963. The molecule has 0 radical (unpaired) electrons. The molecular formula is C31H36BNO5. The van der Waals surface area contributed by atoms with E-state index in [1.165, 1.54) is 10.5 Å². The van der Waals surface area contributed by atoms with Gasteiger partial charge in [0.2, 0.25) is 11.8 Å². The second-order valence-electron chi connectivity index (χ2n) is 10.7. The first kappa shape index (κ1) is 26.5. The number of benzene rings is 2. The van der Waals surface area contributed by atoms with Gasteiger partial charge >= 0.3 is 7.12 Å². The first-order valence-electron chi connectivity index (χ1n) is 13.9. The van der Waals surface area contributed by atoms with E-state index >= 15 is 0 Å². The van der Waals surface area contributed by atoms with E-state index in [1.807, 2.05) is 37.3 Å². The fourth-order valence-corrected chi connectivity index (χ4v) is 6.62. The minimum Gasteiger partial charge on any atom is -0.508 e. The number of carbonyl (C=O) groups is 2. The zero-order valence-electron chi connectivity index (χ0n) is 22.2. The van der Waals surface area contributed by atoms with E-state index in [-0.39, 0.29) is 35.5 Å². The maximum Gasteiger partial charge on any atom is 0.455 e. The second-order valence-corrected chi connectivity index (χ2v) is 10.7. The van der Waals surface area contributed by atoms with Gasteiger partial charge in [-0.05, 0) is 78.7 Å². The summed E-state index contributed by atoms with van der Waals surface area (Å²) in [5.41, 5.74) is 5.56. The Morgan fingerprint density at radius 2 is 1.79 bits per heavy atom. The average molecular weight is 513 g/mol. The molecule has 2 aromatic rings. The monoisotopic (exact) mass is 513 g/mol. The van der Waals surface area contributed by atoms with Crippen molar-refractivity contribution in [2.45, 2.75) is 58.4 Å². The van der Waals surface area contributed by atoms with Crippen LogP contribution < -0.4 is 0 Å². The number of amides is 2. The summed E-state index contributed by atoms with van der Waals surface area (Å²) in [4.78, 5) is 28.0. The van der Waals surface area contributed by atoms with Crippen molar-refractivity contribution in [1.82, 2.24) is 4.90 Å². The highest BCUT2D eigenvalue weighted by Crippen LogP contribution is 2.51. The minimum atomic E-state index is -0.963. The van der Waals surface area contributed by atoms with Gasteiger partial charge in [-0.3, -0.25) is 14.5 Å². The highest BCUT2D eigenvalue weighted by atomic mass is 16.5. The van der Waals surface area contributed by atoms with Crippen LogP contribution in [0.2, 0.25) is 6.32 Å². The summed E-state index contributed by atoms with van der Waals surface area (Å²) >= 11 is 0. The van der Waals surface area contributed by atoms with Crippen molar-refractivity contribution in [3.8, 4) is 5.75 Å². The number of aromatic hydroxyl groups is 1. The number of allylic oxidation sites excluding steroid dienone is 2. The number of likely N-dealkylation sites (tertiary alicyclic amines) is 1. The van der Waals surface area contributed by atoms with Crippen molar-refractivity contribution in [1.29, 1.82) is 0 Å². The molecule has 0 bridgehead atoms.